The van der Waals surface area contributed by atoms with Gasteiger partial charge in [0.15, 0.2) is 5.82 Å². The van der Waals surface area contributed by atoms with Crippen LogP contribution < -0.4 is 14.4 Å². The number of anilines is 1. The zero-order chi connectivity index (χ0) is 24.6. The average molecular weight is 476 g/mol. The molecule has 0 amide bonds. The minimum atomic E-state index is -0.719. The lowest BCUT2D eigenvalue weighted by atomic mass is 10.0. The van der Waals surface area contributed by atoms with Crippen LogP contribution in [0.15, 0.2) is 48.5 Å². The first-order valence-corrected chi connectivity index (χ1v) is 12.3. The van der Waals surface area contributed by atoms with Gasteiger partial charge in [-0.3, -0.25) is 4.79 Å². The van der Waals surface area contributed by atoms with Gasteiger partial charge in [0.25, 0.3) is 0 Å². The Bertz CT molecular complexity index is 1130. The molecule has 7 nitrogen and oxygen atoms in total. The highest BCUT2D eigenvalue weighted by Gasteiger charge is 2.23. The molecule has 1 N–H and O–H groups in total. The Kier molecular flexibility index (Phi) is 8.19. The molecule has 1 aliphatic rings. The number of carboxylic acid groups (broad SMARTS) is 1. The molecular weight excluding hydrogens is 442 g/mol. The Morgan fingerprint density at radius 3 is 2.00 bits per heavy atom. The van der Waals surface area contributed by atoms with Crippen molar-refractivity contribution in [2.45, 2.75) is 44.9 Å². The molecule has 35 heavy (non-hydrogen) atoms. The van der Waals surface area contributed by atoms with Crippen LogP contribution in [0, 0.1) is 0 Å². The van der Waals surface area contributed by atoms with E-state index < -0.39 is 5.97 Å². The highest BCUT2D eigenvalue weighted by Crippen LogP contribution is 2.35. The van der Waals surface area contributed by atoms with Gasteiger partial charge in [-0.15, -0.1) is 0 Å². The number of nitrogens with zero attached hydrogens (tertiary/aromatic N) is 3. The van der Waals surface area contributed by atoms with Crippen LogP contribution in [0.2, 0.25) is 0 Å². The first-order chi connectivity index (χ1) is 17.1. The number of aryl methyl sites for hydroxylation is 1. The number of aliphatic carboxylic acids is 1. The normalized spacial score (nSPS) is 12.8. The fourth-order valence-electron chi connectivity index (χ4n) is 4.48. The zero-order valence-electron chi connectivity index (χ0n) is 20.5. The molecule has 2 heterocycles. The lowest BCUT2D eigenvalue weighted by molar-refractivity contribution is -0.137. The van der Waals surface area contributed by atoms with Gasteiger partial charge < -0.3 is 19.5 Å². The van der Waals surface area contributed by atoms with E-state index in [9.17, 15) is 4.79 Å². The largest absolute Gasteiger partial charge is 0.497 e. The van der Waals surface area contributed by atoms with Crippen LogP contribution in [0.4, 0.5) is 5.82 Å². The Morgan fingerprint density at radius 1 is 0.857 bits per heavy atom. The van der Waals surface area contributed by atoms with E-state index in [-0.39, 0.29) is 6.42 Å². The van der Waals surface area contributed by atoms with Crippen molar-refractivity contribution in [1.82, 2.24) is 9.97 Å². The smallest absolute Gasteiger partial charge is 0.303 e. The van der Waals surface area contributed by atoms with Gasteiger partial charge in [0.05, 0.1) is 31.3 Å². The number of benzene rings is 2. The third-order valence-electron chi connectivity index (χ3n) is 6.38. The Balaban J connectivity index is 1.63. The standard InChI is InChI=1S/C28H33N3O4/c1-34-22-14-10-20(11-15-22)26-27(21-12-16-23(35-2)17-13-21)30-28-24(29-26)8-7-19-31(28)18-6-4-3-5-9-25(32)33/h10-17H,3-9,18-19H2,1-2H3,(H,32,33). The Morgan fingerprint density at radius 2 is 1.43 bits per heavy atom. The molecule has 0 fully saturated rings. The van der Waals surface area contributed by atoms with Gasteiger partial charge in [0.1, 0.15) is 11.5 Å². The van der Waals surface area contributed by atoms with Crippen molar-refractivity contribution < 1.29 is 19.4 Å². The quantitative estimate of drug-likeness (QED) is 0.361. The van der Waals surface area contributed by atoms with Crippen LogP contribution in [0.25, 0.3) is 22.5 Å². The second kappa shape index (κ2) is 11.7. The summed E-state index contributed by atoms with van der Waals surface area (Å²) in [6.45, 7) is 1.86. The number of ether oxygens (including phenoxy) is 2. The molecule has 1 aliphatic heterocycles. The maximum atomic E-state index is 10.7. The van der Waals surface area contributed by atoms with Crippen LogP contribution >= 0.6 is 0 Å². The summed E-state index contributed by atoms with van der Waals surface area (Å²) in [4.78, 5) is 23.4. The molecule has 1 aromatic heterocycles. The van der Waals surface area contributed by atoms with Crippen LogP contribution in [0.3, 0.4) is 0 Å². The van der Waals surface area contributed by atoms with E-state index in [1.165, 1.54) is 0 Å². The molecule has 0 bridgehead atoms. The number of carbonyl (C=O) groups is 1. The van der Waals surface area contributed by atoms with E-state index in [2.05, 4.69) is 4.90 Å². The summed E-state index contributed by atoms with van der Waals surface area (Å²) in [5.41, 5.74) is 4.75. The molecule has 4 rings (SSSR count). The maximum absolute atomic E-state index is 10.7. The summed E-state index contributed by atoms with van der Waals surface area (Å²) in [6, 6.07) is 15.9. The Hall–Kier alpha value is -3.61. The fraction of sp³-hybridized carbons (Fsp3) is 0.393. The molecule has 0 saturated heterocycles. The minimum absolute atomic E-state index is 0.247. The van der Waals surface area contributed by atoms with Crippen LogP contribution in [0.1, 0.15) is 44.2 Å². The second-order valence-corrected chi connectivity index (χ2v) is 8.80. The molecule has 0 saturated carbocycles. The van der Waals surface area contributed by atoms with Crippen molar-refractivity contribution in [2.75, 3.05) is 32.2 Å². The van der Waals surface area contributed by atoms with E-state index in [1.54, 1.807) is 14.2 Å². The zero-order valence-corrected chi connectivity index (χ0v) is 20.5. The van der Waals surface area contributed by atoms with E-state index >= 15 is 0 Å². The highest BCUT2D eigenvalue weighted by atomic mass is 16.5. The fourth-order valence-corrected chi connectivity index (χ4v) is 4.48. The predicted octanol–water partition coefficient (Wildman–Crippen LogP) is 5.62. The summed E-state index contributed by atoms with van der Waals surface area (Å²) in [5.74, 6) is 1.85. The highest BCUT2D eigenvalue weighted by molar-refractivity contribution is 5.80. The summed E-state index contributed by atoms with van der Waals surface area (Å²) in [5, 5.41) is 8.83. The van der Waals surface area contributed by atoms with Crippen LogP contribution in [-0.4, -0.2) is 48.4 Å². The van der Waals surface area contributed by atoms with Crippen LogP contribution in [-0.2, 0) is 11.2 Å². The van der Waals surface area contributed by atoms with Gasteiger partial charge in [-0.2, -0.15) is 0 Å². The van der Waals surface area contributed by atoms with E-state index in [0.717, 1.165) is 97.1 Å². The monoisotopic (exact) mass is 475 g/mol. The molecular formula is C28H33N3O4. The first kappa shape index (κ1) is 24.5. The third-order valence-corrected chi connectivity index (χ3v) is 6.38. The third kappa shape index (κ3) is 6.10. The molecule has 0 radical (unpaired) electrons. The van der Waals surface area contributed by atoms with Crippen molar-refractivity contribution in [3.63, 3.8) is 0 Å². The van der Waals surface area contributed by atoms with Gasteiger partial charge >= 0.3 is 5.97 Å². The summed E-state index contributed by atoms with van der Waals surface area (Å²) in [7, 11) is 3.33. The number of aromatic nitrogens is 2. The second-order valence-electron chi connectivity index (χ2n) is 8.80. The molecule has 3 aromatic rings. The van der Waals surface area contributed by atoms with Crippen molar-refractivity contribution in [3.8, 4) is 34.0 Å². The summed E-state index contributed by atoms with van der Waals surface area (Å²) in [6.07, 6.45) is 5.90. The molecule has 7 heteroatoms. The molecule has 2 aromatic carbocycles. The number of fused-ring (bicyclic) bond motifs is 1. The maximum Gasteiger partial charge on any atom is 0.303 e. The topological polar surface area (TPSA) is 84.8 Å². The van der Waals surface area contributed by atoms with Crippen LogP contribution in [0.5, 0.6) is 11.5 Å². The lowest BCUT2D eigenvalue weighted by Crippen LogP contribution is -2.32. The number of rotatable bonds is 11. The van der Waals surface area contributed by atoms with E-state index in [1.807, 2.05) is 48.5 Å². The number of carboxylic acids is 1. The number of hydrogen-bond donors (Lipinski definition) is 1. The van der Waals surface area contributed by atoms with Crippen molar-refractivity contribution in [3.05, 3.63) is 54.2 Å². The number of unbranched alkanes of at least 4 members (excludes halogenated alkanes) is 3. The summed E-state index contributed by atoms with van der Waals surface area (Å²) >= 11 is 0. The van der Waals surface area contributed by atoms with Gasteiger partial charge in [0, 0.05) is 30.6 Å². The molecule has 0 aliphatic carbocycles. The van der Waals surface area contributed by atoms with E-state index in [4.69, 9.17) is 24.5 Å². The van der Waals surface area contributed by atoms with Crippen molar-refractivity contribution in [2.24, 2.45) is 0 Å². The summed E-state index contributed by atoms with van der Waals surface area (Å²) < 4.78 is 10.7. The van der Waals surface area contributed by atoms with Crippen molar-refractivity contribution >= 4 is 11.8 Å². The van der Waals surface area contributed by atoms with Gasteiger partial charge in [0.2, 0.25) is 0 Å². The van der Waals surface area contributed by atoms with Gasteiger partial charge in [-0.05, 0) is 74.2 Å². The van der Waals surface area contributed by atoms with Gasteiger partial charge in [-0.1, -0.05) is 12.8 Å². The minimum Gasteiger partial charge on any atom is -0.497 e. The number of hydrogen-bond acceptors (Lipinski definition) is 6. The lowest BCUT2D eigenvalue weighted by Gasteiger charge is -2.30. The predicted molar refractivity (Wildman–Crippen MR) is 137 cm³/mol. The first-order valence-electron chi connectivity index (χ1n) is 12.3. The molecule has 0 unspecified atom stereocenters. The molecule has 0 spiro atoms. The molecule has 0 atom stereocenters. The molecule has 184 valence electrons. The Labute approximate surface area is 206 Å². The van der Waals surface area contributed by atoms with E-state index in [0.29, 0.717) is 0 Å². The van der Waals surface area contributed by atoms with Crippen molar-refractivity contribution in [1.29, 1.82) is 0 Å². The van der Waals surface area contributed by atoms with Gasteiger partial charge in [-0.25, -0.2) is 9.97 Å². The SMILES string of the molecule is COc1ccc(-c2nc3c(nc2-c2ccc(OC)cc2)N(CCCCCCC(=O)O)CCC3)cc1. The number of methoxy groups -OCH3 is 2. The average Bonchev–Trinajstić information content (AvgIpc) is 2.90.